The van der Waals surface area contributed by atoms with Crippen molar-refractivity contribution in [1.29, 1.82) is 0 Å². The number of nitrogens with zero attached hydrogens (tertiary/aromatic N) is 3. The van der Waals surface area contributed by atoms with Crippen LogP contribution in [0.3, 0.4) is 0 Å². The largest absolute Gasteiger partial charge is 0.493 e. The first-order valence-electron chi connectivity index (χ1n) is 9.89. The third-order valence-corrected chi connectivity index (χ3v) is 5.65. The summed E-state index contributed by atoms with van der Waals surface area (Å²) in [4.78, 5) is 18.9. The Kier molecular flexibility index (Phi) is 4.32. The number of carbonyl (C=O) groups excluding carboxylic acids is 1. The van der Waals surface area contributed by atoms with Crippen LogP contribution in [0.2, 0.25) is 0 Å². The molecule has 3 aliphatic rings. The zero-order chi connectivity index (χ0) is 18.2. The van der Waals surface area contributed by atoms with E-state index in [1.807, 2.05) is 0 Å². The number of nitrogens with one attached hydrogen (secondary N) is 1. The molecule has 0 radical (unpaired) electrons. The van der Waals surface area contributed by atoms with Crippen molar-refractivity contribution in [2.45, 2.75) is 50.6 Å². The zero-order valence-corrected chi connectivity index (χ0v) is 15.3. The summed E-state index contributed by atoms with van der Waals surface area (Å²) in [6.07, 6.45) is 6.16. The molecule has 2 fully saturated rings. The van der Waals surface area contributed by atoms with E-state index >= 15 is 0 Å². The molecule has 7 heteroatoms. The fourth-order valence-corrected chi connectivity index (χ4v) is 3.98. The van der Waals surface area contributed by atoms with Gasteiger partial charge >= 0.3 is 0 Å². The molecule has 0 bridgehead atoms. The molecule has 3 heterocycles. The molecule has 1 atom stereocenters. The van der Waals surface area contributed by atoms with Gasteiger partial charge in [0.05, 0.1) is 12.6 Å². The van der Waals surface area contributed by atoms with Crippen LogP contribution in [0.1, 0.15) is 59.4 Å². The smallest absolute Gasteiger partial charge is 0.292 e. The van der Waals surface area contributed by atoms with Gasteiger partial charge < -0.3 is 14.6 Å². The molecule has 1 amide bonds. The standard InChI is InChI=1S/C20H24N4O3/c25-19(21-15-4-5-15)18-22-20(27-23-18)16-2-1-9-24(16)10-7-13-3-6-17-14(12-13)8-11-26-17/h3,6,12,15-16H,1-2,4-5,7-11H2,(H,21,25)/t16-/m0/s1. The maximum absolute atomic E-state index is 12.1. The number of likely N-dealkylation sites (tertiary alicyclic amines) is 1. The lowest BCUT2D eigenvalue weighted by molar-refractivity contribution is 0.0937. The molecule has 1 saturated heterocycles. The minimum Gasteiger partial charge on any atom is -0.493 e. The van der Waals surface area contributed by atoms with Gasteiger partial charge in [-0.3, -0.25) is 9.69 Å². The van der Waals surface area contributed by atoms with Crippen LogP contribution >= 0.6 is 0 Å². The molecule has 1 saturated carbocycles. The predicted molar refractivity (Wildman–Crippen MR) is 97.7 cm³/mol. The number of hydrogen-bond acceptors (Lipinski definition) is 6. The molecular formula is C20H24N4O3. The van der Waals surface area contributed by atoms with Crippen LogP contribution in [-0.2, 0) is 12.8 Å². The molecule has 0 spiro atoms. The van der Waals surface area contributed by atoms with Gasteiger partial charge in [-0.05, 0) is 55.8 Å². The molecule has 1 aromatic carbocycles. The Morgan fingerprint density at radius 1 is 1.30 bits per heavy atom. The Bertz CT molecular complexity index is 846. The van der Waals surface area contributed by atoms with E-state index < -0.39 is 0 Å². The van der Waals surface area contributed by atoms with Crippen molar-refractivity contribution >= 4 is 5.91 Å². The summed E-state index contributed by atoms with van der Waals surface area (Å²) in [7, 11) is 0. The van der Waals surface area contributed by atoms with Crippen molar-refractivity contribution in [2.24, 2.45) is 0 Å². The number of fused-ring (bicyclic) bond motifs is 1. The molecule has 2 aliphatic heterocycles. The van der Waals surface area contributed by atoms with E-state index in [1.165, 1.54) is 11.1 Å². The predicted octanol–water partition coefficient (Wildman–Crippen LogP) is 2.28. The van der Waals surface area contributed by atoms with Gasteiger partial charge in [0.15, 0.2) is 0 Å². The molecule has 7 nitrogen and oxygen atoms in total. The van der Waals surface area contributed by atoms with Gasteiger partial charge in [-0.1, -0.05) is 17.3 Å². The lowest BCUT2D eigenvalue weighted by atomic mass is 10.1. The minimum atomic E-state index is -0.225. The van der Waals surface area contributed by atoms with E-state index in [1.54, 1.807) is 0 Å². The molecule has 27 heavy (non-hydrogen) atoms. The Morgan fingerprint density at radius 2 is 2.22 bits per heavy atom. The summed E-state index contributed by atoms with van der Waals surface area (Å²) in [6, 6.07) is 6.91. The third kappa shape index (κ3) is 3.56. The van der Waals surface area contributed by atoms with Crippen LogP contribution in [0.15, 0.2) is 22.7 Å². The highest BCUT2D eigenvalue weighted by Gasteiger charge is 2.32. The number of benzene rings is 1. The molecular weight excluding hydrogens is 344 g/mol. The van der Waals surface area contributed by atoms with Crippen molar-refractivity contribution in [2.75, 3.05) is 19.7 Å². The molecule has 2 aromatic rings. The number of hydrogen-bond donors (Lipinski definition) is 1. The van der Waals surface area contributed by atoms with Crippen molar-refractivity contribution in [3.05, 3.63) is 41.0 Å². The van der Waals surface area contributed by atoms with Gasteiger partial charge in [-0.2, -0.15) is 4.98 Å². The fourth-order valence-electron chi connectivity index (χ4n) is 3.98. The summed E-state index contributed by atoms with van der Waals surface area (Å²) >= 11 is 0. The van der Waals surface area contributed by atoms with Gasteiger partial charge in [0.25, 0.3) is 11.7 Å². The van der Waals surface area contributed by atoms with Crippen LogP contribution < -0.4 is 10.1 Å². The van der Waals surface area contributed by atoms with Gasteiger partial charge in [0.1, 0.15) is 5.75 Å². The SMILES string of the molecule is O=C(NC1CC1)c1noc([C@@H]2CCCN2CCc2ccc3c(c2)CCO3)n1. The lowest BCUT2D eigenvalue weighted by Gasteiger charge is -2.21. The summed E-state index contributed by atoms with van der Waals surface area (Å²) < 4.78 is 11.0. The average molecular weight is 368 g/mol. The highest BCUT2D eigenvalue weighted by atomic mass is 16.5. The monoisotopic (exact) mass is 368 g/mol. The second-order valence-electron chi connectivity index (χ2n) is 7.69. The summed E-state index contributed by atoms with van der Waals surface area (Å²) in [5.74, 6) is 1.52. The first-order valence-corrected chi connectivity index (χ1v) is 9.89. The maximum Gasteiger partial charge on any atom is 0.292 e. The highest BCUT2D eigenvalue weighted by molar-refractivity contribution is 5.90. The van der Waals surface area contributed by atoms with E-state index in [0.717, 1.165) is 64.0 Å². The Morgan fingerprint density at radius 3 is 3.11 bits per heavy atom. The summed E-state index contributed by atoms with van der Waals surface area (Å²) in [5.41, 5.74) is 2.65. The maximum atomic E-state index is 12.1. The van der Waals surface area contributed by atoms with Crippen LogP contribution in [0.4, 0.5) is 0 Å². The van der Waals surface area contributed by atoms with Gasteiger partial charge in [-0.15, -0.1) is 0 Å². The van der Waals surface area contributed by atoms with Crippen LogP contribution in [-0.4, -0.2) is 46.7 Å². The normalized spacial score (nSPS) is 21.9. The zero-order valence-electron chi connectivity index (χ0n) is 15.3. The second-order valence-corrected chi connectivity index (χ2v) is 7.69. The van der Waals surface area contributed by atoms with Gasteiger partial charge in [-0.25, -0.2) is 0 Å². The van der Waals surface area contributed by atoms with E-state index in [0.29, 0.717) is 11.9 Å². The second kappa shape index (κ2) is 6.96. The number of amides is 1. The van der Waals surface area contributed by atoms with Crippen molar-refractivity contribution in [3.8, 4) is 5.75 Å². The summed E-state index contributed by atoms with van der Waals surface area (Å²) in [5, 5.41) is 6.80. The van der Waals surface area contributed by atoms with Crippen LogP contribution in [0, 0.1) is 0 Å². The average Bonchev–Trinajstić information content (AvgIpc) is 3.11. The Labute approximate surface area is 158 Å². The first-order chi connectivity index (χ1) is 13.3. The van der Waals surface area contributed by atoms with Gasteiger partial charge in [0.2, 0.25) is 5.89 Å². The Balaban J connectivity index is 1.22. The topological polar surface area (TPSA) is 80.5 Å². The Hall–Kier alpha value is -2.41. The van der Waals surface area contributed by atoms with E-state index in [4.69, 9.17) is 9.26 Å². The van der Waals surface area contributed by atoms with Crippen LogP contribution in [0.25, 0.3) is 0 Å². The van der Waals surface area contributed by atoms with Gasteiger partial charge in [0, 0.05) is 19.0 Å². The molecule has 5 rings (SSSR count). The first kappa shape index (κ1) is 16.7. The minimum absolute atomic E-state index is 0.109. The summed E-state index contributed by atoms with van der Waals surface area (Å²) in [6.45, 7) is 2.75. The van der Waals surface area contributed by atoms with E-state index in [9.17, 15) is 4.79 Å². The van der Waals surface area contributed by atoms with Crippen molar-refractivity contribution < 1.29 is 14.1 Å². The van der Waals surface area contributed by atoms with E-state index in [2.05, 4.69) is 38.6 Å². The number of aromatic nitrogens is 2. The third-order valence-electron chi connectivity index (χ3n) is 5.65. The molecule has 1 N–H and O–H groups in total. The molecule has 1 aliphatic carbocycles. The highest BCUT2D eigenvalue weighted by Crippen LogP contribution is 2.32. The van der Waals surface area contributed by atoms with Crippen LogP contribution in [0.5, 0.6) is 5.75 Å². The fraction of sp³-hybridized carbons (Fsp3) is 0.550. The van der Waals surface area contributed by atoms with Crippen molar-refractivity contribution in [3.63, 3.8) is 0 Å². The lowest BCUT2D eigenvalue weighted by Crippen LogP contribution is -2.27. The molecule has 0 unspecified atom stereocenters. The number of ether oxygens (including phenoxy) is 1. The quantitative estimate of drug-likeness (QED) is 0.843. The number of rotatable bonds is 6. The molecule has 1 aromatic heterocycles. The van der Waals surface area contributed by atoms with Crippen molar-refractivity contribution in [1.82, 2.24) is 20.4 Å². The van der Waals surface area contributed by atoms with E-state index in [-0.39, 0.29) is 17.8 Å². The number of carbonyl (C=O) groups is 1. The molecule has 142 valence electrons.